The van der Waals surface area contributed by atoms with Crippen molar-refractivity contribution in [2.24, 2.45) is 5.11 Å². The number of allylic oxidation sites excluding steroid dienone is 1. The quantitative estimate of drug-likeness (QED) is 0.277. The zero-order valence-corrected chi connectivity index (χ0v) is 8.78. The number of carbonyl (C=O) groups is 2. The third kappa shape index (κ3) is 4.63. The van der Waals surface area contributed by atoms with Gasteiger partial charge in [-0.15, -0.1) is 0 Å². The molecule has 0 saturated carbocycles. The Labute approximate surface area is 96.8 Å². The monoisotopic (exact) mass is 231 g/mol. The van der Waals surface area contributed by atoms with E-state index < -0.39 is 18.2 Å². The van der Waals surface area contributed by atoms with Gasteiger partial charge in [0.25, 0.3) is 0 Å². The molecule has 0 aliphatic rings. The molecule has 0 aliphatic heterocycles. The average Bonchev–Trinajstić information content (AvgIpc) is 2.26. The molecule has 0 saturated heterocycles. The molecule has 0 aromatic heterocycles. The van der Waals surface area contributed by atoms with E-state index in [-0.39, 0.29) is 0 Å². The summed E-state index contributed by atoms with van der Waals surface area (Å²) in [5, 5.41) is 11.8. The number of azide groups is 1. The lowest BCUT2D eigenvalue weighted by molar-refractivity contribution is -0.139. The first kappa shape index (κ1) is 12.5. The van der Waals surface area contributed by atoms with Crippen molar-refractivity contribution in [1.82, 2.24) is 0 Å². The normalized spacial score (nSPS) is 9.88. The second-order valence-corrected chi connectivity index (χ2v) is 3.15. The van der Waals surface area contributed by atoms with Crippen LogP contribution in [0.3, 0.4) is 0 Å². The van der Waals surface area contributed by atoms with Gasteiger partial charge in [0.15, 0.2) is 5.78 Å². The molecule has 6 nitrogen and oxygen atoms in total. The highest BCUT2D eigenvalue weighted by Gasteiger charge is 2.02. The molecule has 1 aromatic carbocycles. The number of hydrogen-bond donors (Lipinski definition) is 1. The van der Waals surface area contributed by atoms with Crippen LogP contribution in [0, 0.1) is 0 Å². The molecule has 1 N–H and O–H groups in total. The topological polar surface area (TPSA) is 103 Å². The lowest BCUT2D eigenvalue weighted by atomic mass is 10.1. The minimum Gasteiger partial charge on any atom is -0.481 e. The Morgan fingerprint density at radius 2 is 2.24 bits per heavy atom. The largest absolute Gasteiger partial charge is 0.481 e. The standard InChI is InChI=1S/C11H9N3O3/c12-14-13-9-3-1-2-8(6-9)4-5-10(15)7-11(16)17/h1-6H,7H2,(H,16,17). The van der Waals surface area contributed by atoms with Gasteiger partial charge in [0.2, 0.25) is 0 Å². The van der Waals surface area contributed by atoms with E-state index in [2.05, 4.69) is 10.0 Å². The molecule has 86 valence electrons. The summed E-state index contributed by atoms with van der Waals surface area (Å²) in [7, 11) is 0. The number of aliphatic carboxylic acids is 1. The van der Waals surface area contributed by atoms with Crippen LogP contribution in [0.2, 0.25) is 0 Å². The summed E-state index contributed by atoms with van der Waals surface area (Å²) in [5.41, 5.74) is 9.34. The van der Waals surface area contributed by atoms with Crippen LogP contribution < -0.4 is 0 Å². The number of nitrogens with zero attached hydrogens (tertiary/aromatic N) is 3. The van der Waals surface area contributed by atoms with E-state index in [1.807, 2.05) is 0 Å². The maximum absolute atomic E-state index is 11.1. The van der Waals surface area contributed by atoms with E-state index >= 15 is 0 Å². The highest BCUT2D eigenvalue weighted by Crippen LogP contribution is 2.15. The van der Waals surface area contributed by atoms with Crippen LogP contribution in [0.1, 0.15) is 12.0 Å². The van der Waals surface area contributed by atoms with E-state index in [4.69, 9.17) is 10.6 Å². The van der Waals surface area contributed by atoms with Gasteiger partial charge < -0.3 is 5.11 Å². The fourth-order valence-electron chi connectivity index (χ4n) is 1.14. The Kier molecular flexibility index (Phi) is 4.47. The van der Waals surface area contributed by atoms with Crippen LogP contribution >= 0.6 is 0 Å². The van der Waals surface area contributed by atoms with E-state index in [1.165, 1.54) is 12.2 Å². The predicted molar refractivity (Wildman–Crippen MR) is 61.5 cm³/mol. The SMILES string of the molecule is [N-]=[N+]=Nc1cccc(C=CC(=O)CC(=O)O)c1. The first-order chi connectivity index (χ1) is 8.11. The molecule has 0 unspecified atom stereocenters. The third-order valence-corrected chi connectivity index (χ3v) is 1.82. The van der Waals surface area contributed by atoms with Gasteiger partial charge in [-0.3, -0.25) is 9.59 Å². The van der Waals surface area contributed by atoms with Crippen LogP contribution in [0.25, 0.3) is 16.5 Å². The van der Waals surface area contributed by atoms with Crippen molar-refractivity contribution in [3.63, 3.8) is 0 Å². The van der Waals surface area contributed by atoms with Gasteiger partial charge in [-0.1, -0.05) is 29.4 Å². The molecule has 0 fully saturated rings. The molecule has 0 bridgehead atoms. The third-order valence-electron chi connectivity index (χ3n) is 1.82. The number of hydrogen-bond acceptors (Lipinski definition) is 3. The highest BCUT2D eigenvalue weighted by atomic mass is 16.4. The van der Waals surface area contributed by atoms with E-state index in [1.54, 1.807) is 24.3 Å². The maximum atomic E-state index is 11.1. The van der Waals surface area contributed by atoms with Crippen molar-refractivity contribution in [2.45, 2.75) is 6.42 Å². The molecule has 0 heterocycles. The Balaban J connectivity index is 2.77. The van der Waals surface area contributed by atoms with Crippen LogP contribution in [0.15, 0.2) is 35.5 Å². The molecule has 1 aromatic rings. The summed E-state index contributed by atoms with van der Waals surface area (Å²) in [4.78, 5) is 24.0. The van der Waals surface area contributed by atoms with Gasteiger partial charge in [0, 0.05) is 10.6 Å². The van der Waals surface area contributed by atoms with Crippen molar-refractivity contribution in [2.75, 3.05) is 0 Å². The Morgan fingerprint density at radius 1 is 1.47 bits per heavy atom. The van der Waals surface area contributed by atoms with Crippen molar-refractivity contribution in [3.05, 3.63) is 46.3 Å². The molecule has 0 atom stereocenters. The molecule has 17 heavy (non-hydrogen) atoms. The van der Waals surface area contributed by atoms with Gasteiger partial charge in [-0.2, -0.15) is 0 Å². The lowest BCUT2D eigenvalue weighted by Gasteiger charge is -1.94. The molecule has 1 rings (SSSR count). The highest BCUT2D eigenvalue weighted by molar-refractivity contribution is 6.03. The zero-order valence-electron chi connectivity index (χ0n) is 8.78. The smallest absolute Gasteiger partial charge is 0.311 e. The number of benzene rings is 1. The molecule has 0 spiro atoms. The summed E-state index contributed by atoms with van der Waals surface area (Å²) in [6, 6.07) is 6.59. The van der Waals surface area contributed by atoms with Crippen molar-refractivity contribution in [3.8, 4) is 0 Å². The number of carbonyl (C=O) groups excluding carboxylic acids is 1. The van der Waals surface area contributed by atoms with Crippen molar-refractivity contribution in [1.29, 1.82) is 0 Å². The van der Waals surface area contributed by atoms with Crippen molar-refractivity contribution < 1.29 is 14.7 Å². The Bertz CT molecular complexity index is 516. The molecular weight excluding hydrogens is 222 g/mol. The second-order valence-electron chi connectivity index (χ2n) is 3.15. The van der Waals surface area contributed by atoms with Gasteiger partial charge in [-0.05, 0) is 23.2 Å². The van der Waals surface area contributed by atoms with Crippen LogP contribution in [0.4, 0.5) is 5.69 Å². The fourth-order valence-corrected chi connectivity index (χ4v) is 1.14. The van der Waals surface area contributed by atoms with Gasteiger partial charge in [0.1, 0.15) is 6.42 Å². The van der Waals surface area contributed by atoms with Crippen LogP contribution in [-0.4, -0.2) is 16.9 Å². The number of carboxylic acid groups (broad SMARTS) is 1. The fraction of sp³-hybridized carbons (Fsp3) is 0.0909. The second kappa shape index (κ2) is 6.09. The molecule has 0 aliphatic carbocycles. The molecule has 0 amide bonds. The summed E-state index contributed by atoms with van der Waals surface area (Å²) in [6.45, 7) is 0. The summed E-state index contributed by atoms with van der Waals surface area (Å²) < 4.78 is 0. The van der Waals surface area contributed by atoms with E-state index in [9.17, 15) is 9.59 Å². The van der Waals surface area contributed by atoms with Gasteiger partial charge in [0.05, 0.1) is 0 Å². The van der Waals surface area contributed by atoms with Crippen LogP contribution in [-0.2, 0) is 9.59 Å². The lowest BCUT2D eigenvalue weighted by Crippen LogP contribution is -2.02. The van der Waals surface area contributed by atoms with Gasteiger partial charge in [-0.25, -0.2) is 0 Å². The number of carboxylic acids is 1. The van der Waals surface area contributed by atoms with E-state index in [0.29, 0.717) is 11.3 Å². The van der Waals surface area contributed by atoms with Crippen molar-refractivity contribution >= 4 is 23.5 Å². The average molecular weight is 231 g/mol. The first-order valence-electron chi connectivity index (χ1n) is 4.69. The maximum Gasteiger partial charge on any atom is 0.311 e. The zero-order chi connectivity index (χ0) is 12.7. The predicted octanol–water partition coefficient (Wildman–Crippen LogP) is 2.69. The summed E-state index contributed by atoms with van der Waals surface area (Å²) in [6.07, 6.45) is 2.12. The van der Waals surface area contributed by atoms with Crippen LogP contribution in [0.5, 0.6) is 0 Å². The molecule has 0 radical (unpaired) electrons. The molecule has 6 heteroatoms. The van der Waals surface area contributed by atoms with E-state index in [0.717, 1.165) is 0 Å². The molecular formula is C11H9N3O3. The number of ketones is 1. The minimum atomic E-state index is -1.16. The first-order valence-corrected chi connectivity index (χ1v) is 4.69. The summed E-state index contributed by atoms with van der Waals surface area (Å²) in [5.74, 6) is -1.66. The van der Waals surface area contributed by atoms with Gasteiger partial charge >= 0.3 is 5.97 Å². The number of rotatable bonds is 5. The Hall–Kier alpha value is -2.59. The summed E-state index contributed by atoms with van der Waals surface area (Å²) >= 11 is 0. The Morgan fingerprint density at radius 3 is 2.88 bits per heavy atom. The minimum absolute atomic E-state index is 0.431.